The summed E-state index contributed by atoms with van der Waals surface area (Å²) < 4.78 is 0. The monoisotopic (exact) mass is 434 g/mol. The summed E-state index contributed by atoms with van der Waals surface area (Å²) in [7, 11) is 0. The van der Waals surface area contributed by atoms with E-state index in [2.05, 4.69) is 38.8 Å². The Bertz CT molecular complexity index is 1040. The van der Waals surface area contributed by atoms with Gasteiger partial charge in [0.25, 0.3) is 0 Å². The molecule has 0 aromatic carbocycles. The fourth-order valence-corrected chi connectivity index (χ4v) is 5.32. The number of pyridine rings is 1. The highest BCUT2D eigenvalue weighted by Crippen LogP contribution is 2.28. The van der Waals surface area contributed by atoms with Crippen LogP contribution >= 0.6 is 11.3 Å². The fraction of sp³-hybridized carbons (Fsp3) is 0.375. The van der Waals surface area contributed by atoms with Crippen LogP contribution in [0.2, 0.25) is 0 Å². The molecule has 1 N–H and O–H groups in total. The van der Waals surface area contributed by atoms with Gasteiger partial charge in [-0.15, -0.1) is 11.3 Å². The molecule has 0 radical (unpaired) electrons. The predicted octanol–water partition coefficient (Wildman–Crippen LogP) is 3.47. The molecule has 5 rings (SSSR count). The maximum absolute atomic E-state index is 12.7. The Morgan fingerprint density at radius 2 is 2.29 bits per heavy atom. The number of rotatable bonds is 4. The van der Waals surface area contributed by atoms with Crippen molar-refractivity contribution in [3.05, 3.63) is 63.5 Å². The van der Waals surface area contributed by atoms with Crippen LogP contribution in [0.25, 0.3) is 6.08 Å². The second kappa shape index (κ2) is 8.77. The summed E-state index contributed by atoms with van der Waals surface area (Å²) in [5, 5.41) is 5.07. The molecule has 1 saturated heterocycles. The van der Waals surface area contributed by atoms with Crippen molar-refractivity contribution in [1.29, 1.82) is 0 Å². The third-order valence-electron chi connectivity index (χ3n) is 6.28. The third kappa shape index (κ3) is 4.48. The minimum absolute atomic E-state index is 0.0225. The highest BCUT2D eigenvalue weighted by Gasteiger charge is 2.34. The van der Waals surface area contributed by atoms with Gasteiger partial charge in [0.15, 0.2) is 0 Å². The van der Waals surface area contributed by atoms with Crippen molar-refractivity contribution >= 4 is 35.0 Å². The Kier molecular flexibility index (Phi) is 5.70. The van der Waals surface area contributed by atoms with E-state index < -0.39 is 0 Å². The van der Waals surface area contributed by atoms with Crippen LogP contribution in [0.4, 0.5) is 5.82 Å². The Morgan fingerprint density at radius 3 is 3.10 bits per heavy atom. The summed E-state index contributed by atoms with van der Waals surface area (Å²) >= 11 is 1.78. The molecule has 2 aromatic rings. The van der Waals surface area contributed by atoms with Gasteiger partial charge in [-0.2, -0.15) is 0 Å². The van der Waals surface area contributed by atoms with Crippen LogP contribution in [0.3, 0.4) is 0 Å². The van der Waals surface area contributed by atoms with Gasteiger partial charge in [-0.1, -0.05) is 17.7 Å². The number of nitrogens with one attached hydrogen (secondary N) is 1. The zero-order valence-electron chi connectivity index (χ0n) is 17.4. The predicted molar refractivity (Wildman–Crippen MR) is 123 cm³/mol. The SMILES string of the molecule is O=C1Nc2ncc(C=CC(=O)N3CC=C(Cc4cccs4)CC3)cc2CN2CCCC12. The van der Waals surface area contributed by atoms with Gasteiger partial charge in [-0.05, 0) is 55.0 Å². The van der Waals surface area contributed by atoms with Crippen molar-refractivity contribution in [3.8, 4) is 0 Å². The molecule has 31 heavy (non-hydrogen) atoms. The van der Waals surface area contributed by atoms with Gasteiger partial charge in [0.2, 0.25) is 11.8 Å². The van der Waals surface area contributed by atoms with Crippen LogP contribution in [-0.4, -0.2) is 52.3 Å². The molecule has 0 spiro atoms. The van der Waals surface area contributed by atoms with E-state index in [0.29, 0.717) is 18.9 Å². The lowest BCUT2D eigenvalue weighted by atomic mass is 10.0. The van der Waals surface area contributed by atoms with Crippen molar-refractivity contribution in [2.45, 2.75) is 38.3 Å². The molecule has 1 atom stereocenters. The first-order valence-electron chi connectivity index (χ1n) is 10.9. The van der Waals surface area contributed by atoms with E-state index in [-0.39, 0.29) is 17.9 Å². The number of anilines is 1. The summed E-state index contributed by atoms with van der Waals surface area (Å²) in [6.07, 6.45) is 11.2. The molecular weight excluding hydrogens is 408 g/mol. The van der Waals surface area contributed by atoms with Crippen LogP contribution < -0.4 is 5.32 Å². The summed E-state index contributed by atoms with van der Waals surface area (Å²) in [6.45, 7) is 3.07. The normalized spacial score (nSPS) is 21.4. The van der Waals surface area contributed by atoms with E-state index in [1.54, 1.807) is 23.6 Å². The number of amides is 2. The van der Waals surface area contributed by atoms with Crippen molar-refractivity contribution in [2.75, 3.05) is 25.0 Å². The van der Waals surface area contributed by atoms with Crippen molar-refractivity contribution in [3.63, 3.8) is 0 Å². The third-order valence-corrected chi connectivity index (χ3v) is 7.16. The van der Waals surface area contributed by atoms with E-state index in [9.17, 15) is 9.59 Å². The number of thiophene rings is 1. The average molecular weight is 435 g/mol. The molecule has 6 nitrogen and oxygen atoms in total. The first kappa shape index (κ1) is 20.2. The average Bonchev–Trinajstić information content (AvgIpc) is 3.44. The molecular formula is C24H26N4O2S. The molecule has 0 bridgehead atoms. The van der Waals surface area contributed by atoms with E-state index in [1.165, 1.54) is 10.5 Å². The molecule has 2 aromatic heterocycles. The second-order valence-electron chi connectivity index (χ2n) is 8.38. The van der Waals surface area contributed by atoms with E-state index in [0.717, 1.165) is 49.9 Å². The van der Waals surface area contributed by atoms with E-state index in [1.807, 2.05) is 17.0 Å². The maximum Gasteiger partial charge on any atom is 0.246 e. The summed E-state index contributed by atoms with van der Waals surface area (Å²) in [6, 6.07) is 6.23. The number of carbonyl (C=O) groups excluding carboxylic acids is 2. The van der Waals surface area contributed by atoms with Crippen LogP contribution in [0.5, 0.6) is 0 Å². The number of carbonyl (C=O) groups is 2. The summed E-state index contributed by atoms with van der Waals surface area (Å²) in [5.41, 5.74) is 3.30. The fourth-order valence-electron chi connectivity index (χ4n) is 4.57. The van der Waals surface area contributed by atoms with Crippen molar-refractivity contribution in [1.82, 2.24) is 14.8 Å². The Balaban J connectivity index is 1.22. The molecule has 3 aliphatic heterocycles. The molecule has 0 aliphatic carbocycles. The lowest BCUT2D eigenvalue weighted by Crippen LogP contribution is -2.36. The lowest BCUT2D eigenvalue weighted by Gasteiger charge is -2.25. The molecule has 5 heterocycles. The Morgan fingerprint density at radius 1 is 1.35 bits per heavy atom. The first-order valence-corrected chi connectivity index (χ1v) is 11.7. The van der Waals surface area contributed by atoms with E-state index >= 15 is 0 Å². The molecule has 160 valence electrons. The molecule has 1 unspecified atom stereocenters. The van der Waals surface area contributed by atoms with Gasteiger partial charge in [0.05, 0.1) is 6.04 Å². The van der Waals surface area contributed by atoms with E-state index in [4.69, 9.17) is 0 Å². The number of nitrogens with zero attached hydrogens (tertiary/aromatic N) is 3. The molecule has 1 fully saturated rings. The number of aromatic nitrogens is 1. The van der Waals surface area contributed by atoms with Gasteiger partial charge in [0.1, 0.15) is 5.82 Å². The molecule has 2 amide bonds. The zero-order valence-corrected chi connectivity index (χ0v) is 18.2. The van der Waals surface area contributed by atoms with Crippen molar-refractivity contribution < 1.29 is 9.59 Å². The number of hydrogen-bond donors (Lipinski definition) is 1. The summed E-state index contributed by atoms with van der Waals surface area (Å²) in [5.74, 6) is 0.704. The standard InChI is InChI=1S/C24H26N4O2S/c29-22(27-10-7-17(8-11-27)14-20-3-2-12-31-20)6-5-18-13-19-16-28-9-1-4-21(28)24(30)26-23(19)25-15-18/h2-3,5-7,12-13,15,21H,1,4,8-11,14,16H2,(H,25,26,30). The van der Waals surface area contributed by atoms with Crippen LogP contribution in [0.1, 0.15) is 35.3 Å². The minimum Gasteiger partial charge on any atom is -0.335 e. The van der Waals surface area contributed by atoms with Gasteiger partial charge in [0, 0.05) is 48.8 Å². The summed E-state index contributed by atoms with van der Waals surface area (Å²) in [4.78, 5) is 35.0. The largest absolute Gasteiger partial charge is 0.335 e. The minimum atomic E-state index is -0.0494. The molecule has 3 aliphatic rings. The molecule has 0 saturated carbocycles. The van der Waals surface area contributed by atoms with Crippen LogP contribution in [-0.2, 0) is 22.6 Å². The lowest BCUT2D eigenvalue weighted by molar-refractivity contribution is -0.125. The first-order chi connectivity index (χ1) is 15.2. The highest BCUT2D eigenvalue weighted by molar-refractivity contribution is 7.09. The number of fused-ring (bicyclic) bond motifs is 2. The zero-order chi connectivity index (χ0) is 21.2. The quantitative estimate of drug-likeness (QED) is 0.591. The van der Waals surface area contributed by atoms with Gasteiger partial charge < -0.3 is 10.2 Å². The molecule has 7 heteroatoms. The maximum atomic E-state index is 12.7. The van der Waals surface area contributed by atoms with Gasteiger partial charge in [-0.3, -0.25) is 14.5 Å². The topological polar surface area (TPSA) is 65.5 Å². The van der Waals surface area contributed by atoms with Crippen molar-refractivity contribution in [2.24, 2.45) is 0 Å². The number of hydrogen-bond acceptors (Lipinski definition) is 5. The van der Waals surface area contributed by atoms with Gasteiger partial charge >= 0.3 is 0 Å². The Labute approximate surface area is 186 Å². The van der Waals surface area contributed by atoms with Crippen LogP contribution in [0.15, 0.2) is 47.5 Å². The van der Waals surface area contributed by atoms with Crippen LogP contribution in [0, 0.1) is 0 Å². The second-order valence-corrected chi connectivity index (χ2v) is 9.41. The van der Waals surface area contributed by atoms with Gasteiger partial charge in [-0.25, -0.2) is 4.98 Å². The Hall–Kier alpha value is -2.77. The smallest absolute Gasteiger partial charge is 0.246 e. The highest BCUT2D eigenvalue weighted by atomic mass is 32.1.